The summed E-state index contributed by atoms with van der Waals surface area (Å²) in [6.45, 7) is 14.0. The van der Waals surface area contributed by atoms with Crippen molar-refractivity contribution in [3.8, 4) is 5.69 Å². The molecule has 0 aliphatic heterocycles. The summed E-state index contributed by atoms with van der Waals surface area (Å²) in [7, 11) is 0. The number of nitrogens with one attached hydrogen (secondary N) is 3. The van der Waals surface area contributed by atoms with E-state index in [-0.39, 0.29) is 24.5 Å². The first-order valence-electron chi connectivity index (χ1n) is 14.4. The van der Waals surface area contributed by atoms with Crippen LogP contribution in [0.3, 0.4) is 0 Å². The van der Waals surface area contributed by atoms with Gasteiger partial charge < -0.3 is 25.4 Å². The molecule has 3 amide bonds. The third-order valence-corrected chi connectivity index (χ3v) is 6.11. The van der Waals surface area contributed by atoms with E-state index in [1.54, 1.807) is 75.6 Å². The SMILES string of the molecule is Cc1nnc(CNC(=O)OC(C)(C)C)n1-c1ccccc1C(=O)N[C@@H](C)C(=O)Nc1ccccc1CCC(=O)OC(C)(C)C. The van der Waals surface area contributed by atoms with Gasteiger partial charge in [0, 0.05) is 12.1 Å². The van der Waals surface area contributed by atoms with Crippen molar-refractivity contribution in [3.05, 3.63) is 71.3 Å². The molecule has 1 aromatic heterocycles. The van der Waals surface area contributed by atoms with E-state index in [1.807, 2.05) is 32.9 Å². The summed E-state index contributed by atoms with van der Waals surface area (Å²) < 4.78 is 12.4. The zero-order valence-electron chi connectivity index (χ0n) is 26.6. The highest BCUT2D eigenvalue weighted by Crippen LogP contribution is 2.21. The number of rotatable bonds is 10. The molecule has 0 spiro atoms. The summed E-state index contributed by atoms with van der Waals surface area (Å²) in [6, 6.07) is 13.1. The van der Waals surface area contributed by atoms with Crippen LogP contribution in [0.4, 0.5) is 10.5 Å². The Bertz CT molecular complexity index is 1500. The maximum Gasteiger partial charge on any atom is 0.408 e. The second kappa shape index (κ2) is 14.2. The van der Waals surface area contributed by atoms with Gasteiger partial charge in [-0.1, -0.05) is 30.3 Å². The number of nitrogens with zero attached hydrogens (tertiary/aromatic N) is 3. The van der Waals surface area contributed by atoms with E-state index < -0.39 is 35.2 Å². The zero-order chi connectivity index (χ0) is 32.7. The van der Waals surface area contributed by atoms with Crippen molar-refractivity contribution in [2.45, 2.75) is 92.0 Å². The molecule has 236 valence electrons. The highest BCUT2D eigenvalue weighted by molar-refractivity contribution is 6.03. The minimum Gasteiger partial charge on any atom is -0.460 e. The van der Waals surface area contributed by atoms with Gasteiger partial charge >= 0.3 is 12.1 Å². The summed E-state index contributed by atoms with van der Waals surface area (Å²) in [5.74, 6) is -0.351. The summed E-state index contributed by atoms with van der Waals surface area (Å²) >= 11 is 0. The summed E-state index contributed by atoms with van der Waals surface area (Å²) in [5.41, 5.74) is 0.836. The minimum absolute atomic E-state index is 0.0118. The van der Waals surface area contributed by atoms with E-state index in [2.05, 4.69) is 26.1 Å². The Morgan fingerprint density at radius 3 is 2.20 bits per heavy atom. The quantitative estimate of drug-likeness (QED) is 0.282. The van der Waals surface area contributed by atoms with E-state index >= 15 is 0 Å². The number of esters is 1. The average molecular weight is 607 g/mol. The Morgan fingerprint density at radius 1 is 0.886 bits per heavy atom. The predicted molar refractivity (Wildman–Crippen MR) is 165 cm³/mol. The van der Waals surface area contributed by atoms with Crippen LogP contribution in [0, 0.1) is 6.92 Å². The Balaban J connectivity index is 1.71. The molecule has 12 nitrogen and oxygen atoms in total. The molecule has 0 saturated carbocycles. The molecule has 0 radical (unpaired) electrons. The van der Waals surface area contributed by atoms with Crippen LogP contribution in [-0.4, -0.2) is 55.9 Å². The standard InChI is InChI=1S/C32H42N6O6/c1-20(28(40)35-24-15-11-9-13-22(24)17-18-27(39)43-31(3,4)5)34-29(41)23-14-10-12-16-25(23)38-21(2)36-37-26(38)19-33-30(42)44-32(6,7)8/h9-16,20H,17-19H2,1-8H3,(H,33,42)(H,34,41)(H,35,40)/t20-/m0/s1. The van der Waals surface area contributed by atoms with Gasteiger partial charge in [0.25, 0.3) is 5.91 Å². The Kier molecular flexibility index (Phi) is 10.9. The molecule has 2 aromatic carbocycles. The van der Waals surface area contributed by atoms with Crippen molar-refractivity contribution in [1.29, 1.82) is 0 Å². The van der Waals surface area contributed by atoms with Gasteiger partial charge in [0.2, 0.25) is 5.91 Å². The number of alkyl carbamates (subject to hydrolysis) is 1. The van der Waals surface area contributed by atoms with Gasteiger partial charge in [-0.3, -0.25) is 19.0 Å². The number of benzene rings is 2. The van der Waals surface area contributed by atoms with Crippen LogP contribution in [0.15, 0.2) is 48.5 Å². The molecule has 3 rings (SSSR count). The van der Waals surface area contributed by atoms with Gasteiger partial charge in [0.15, 0.2) is 5.82 Å². The van der Waals surface area contributed by atoms with Crippen molar-refractivity contribution >= 4 is 29.6 Å². The number of hydrogen-bond donors (Lipinski definition) is 3. The monoisotopic (exact) mass is 606 g/mol. The Morgan fingerprint density at radius 2 is 1.52 bits per heavy atom. The largest absolute Gasteiger partial charge is 0.460 e. The van der Waals surface area contributed by atoms with Crippen molar-refractivity contribution in [2.75, 3.05) is 5.32 Å². The molecule has 1 heterocycles. The average Bonchev–Trinajstić information content (AvgIpc) is 3.29. The Labute approximate surface area is 257 Å². The van der Waals surface area contributed by atoms with Crippen LogP contribution in [0.1, 0.15) is 82.5 Å². The zero-order valence-corrected chi connectivity index (χ0v) is 26.6. The van der Waals surface area contributed by atoms with Crippen molar-refractivity contribution in [1.82, 2.24) is 25.4 Å². The summed E-state index contributed by atoms with van der Waals surface area (Å²) in [4.78, 5) is 51.0. The molecule has 0 aliphatic rings. The summed E-state index contributed by atoms with van der Waals surface area (Å²) in [5, 5.41) is 16.6. The van der Waals surface area contributed by atoms with Crippen LogP contribution < -0.4 is 16.0 Å². The van der Waals surface area contributed by atoms with E-state index in [0.29, 0.717) is 29.4 Å². The molecule has 12 heteroatoms. The molecule has 0 aliphatic carbocycles. The molecule has 0 bridgehead atoms. The van der Waals surface area contributed by atoms with Gasteiger partial charge in [-0.2, -0.15) is 0 Å². The lowest BCUT2D eigenvalue weighted by atomic mass is 10.1. The third kappa shape index (κ3) is 9.92. The summed E-state index contributed by atoms with van der Waals surface area (Å²) in [6.07, 6.45) is -0.0736. The van der Waals surface area contributed by atoms with Gasteiger partial charge in [0.05, 0.1) is 17.8 Å². The van der Waals surface area contributed by atoms with E-state index in [9.17, 15) is 19.2 Å². The molecular formula is C32H42N6O6. The first-order chi connectivity index (χ1) is 20.5. The molecule has 3 N–H and O–H groups in total. The number of hydrogen-bond acceptors (Lipinski definition) is 8. The lowest BCUT2D eigenvalue weighted by Gasteiger charge is -2.20. The number of ether oxygens (including phenoxy) is 2. The molecule has 0 fully saturated rings. The lowest BCUT2D eigenvalue weighted by Crippen LogP contribution is -2.42. The van der Waals surface area contributed by atoms with Gasteiger partial charge in [-0.25, -0.2) is 4.79 Å². The molecular weight excluding hydrogens is 564 g/mol. The van der Waals surface area contributed by atoms with Crippen LogP contribution in [0.2, 0.25) is 0 Å². The van der Waals surface area contributed by atoms with Crippen LogP contribution in [0.25, 0.3) is 5.69 Å². The topological polar surface area (TPSA) is 154 Å². The number of amides is 3. The van der Waals surface area contributed by atoms with Gasteiger partial charge in [0.1, 0.15) is 23.1 Å². The minimum atomic E-state index is -0.898. The van der Waals surface area contributed by atoms with Crippen molar-refractivity contribution in [3.63, 3.8) is 0 Å². The van der Waals surface area contributed by atoms with E-state index in [4.69, 9.17) is 9.47 Å². The number of carbonyl (C=O) groups is 4. The Hall–Kier alpha value is -4.74. The molecule has 0 saturated heterocycles. The highest BCUT2D eigenvalue weighted by atomic mass is 16.6. The fraction of sp³-hybridized carbons (Fsp3) is 0.438. The molecule has 3 aromatic rings. The van der Waals surface area contributed by atoms with Crippen molar-refractivity contribution < 1.29 is 28.7 Å². The molecule has 0 unspecified atom stereocenters. The lowest BCUT2D eigenvalue weighted by molar-refractivity contribution is -0.154. The van der Waals surface area contributed by atoms with E-state index in [0.717, 1.165) is 5.56 Å². The van der Waals surface area contributed by atoms with Crippen LogP contribution in [-0.2, 0) is 32.0 Å². The molecule has 1 atom stereocenters. The maximum absolute atomic E-state index is 13.4. The number of para-hydroxylation sites is 2. The normalized spacial score (nSPS) is 12.2. The number of aryl methyl sites for hydroxylation is 2. The number of carbonyl (C=O) groups excluding carboxylic acids is 4. The first-order valence-corrected chi connectivity index (χ1v) is 14.4. The van der Waals surface area contributed by atoms with Gasteiger partial charge in [-0.15, -0.1) is 10.2 Å². The fourth-order valence-electron chi connectivity index (χ4n) is 4.23. The second-order valence-electron chi connectivity index (χ2n) is 12.3. The maximum atomic E-state index is 13.4. The van der Waals surface area contributed by atoms with Crippen LogP contribution >= 0.6 is 0 Å². The highest BCUT2D eigenvalue weighted by Gasteiger charge is 2.23. The third-order valence-electron chi connectivity index (χ3n) is 6.11. The number of aromatic nitrogens is 3. The first kappa shape index (κ1) is 33.8. The van der Waals surface area contributed by atoms with Gasteiger partial charge in [-0.05, 0) is 85.6 Å². The molecule has 44 heavy (non-hydrogen) atoms. The number of anilines is 1. The fourth-order valence-corrected chi connectivity index (χ4v) is 4.23. The van der Waals surface area contributed by atoms with E-state index in [1.165, 1.54) is 0 Å². The smallest absolute Gasteiger partial charge is 0.408 e. The van der Waals surface area contributed by atoms with Crippen molar-refractivity contribution in [2.24, 2.45) is 0 Å². The van der Waals surface area contributed by atoms with Crippen LogP contribution in [0.5, 0.6) is 0 Å². The predicted octanol–water partition coefficient (Wildman–Crippen LogP) is 4.63. The second-order valence-corrected chi connectivity index (χ2v) is 12.3.